The van der Waals surface area contributed by atoms with Crippen molar-refractivity contribution in [1.29, 1.82) is 0 Å². The number of alkyl halides is 6. The monoisotopic (exact) mass is 506 g/mol. The fraction of sp³-hybridized carbons (Fsp3) is 0.700. The minimum atomic E-state index is -5.70. The molecule has 0 fully saturated rings. The molecule has 0 aliphatic rings. The number of nitrogens with zero attached hydrogens (tertiary/aromatic N) is 1. The maximum absolute atomic E-state index is 13.0. The van der Waals surface area contributed by atoms with Gasteiger partial charge in [0.1, 0.15) is 0 Å². The van der Waals surface area contributed by atoms with E-state index in [4.69, 9.17) is 0 Å². The van der Waals surface area contributed by atoms with Crippen LogP contribution >= 0.6 is 0 Å². The molecule has 0 bridgehead atoms. The predicted molar refractivity (Wildman–Crippen MR) is 96.4 cm³/mol. The lowest BCUT2D eigenvalue weighted by Crippen LogP contribution is -3.00. The van der Waals surface area contributed by atoms with Crippen LogP contribution in [0, 0.1) is 0 Å². The number of esters is 1. The molecule has 0 saturated heterocycles. The van der Waals surface area contributed by atoms with E-state index in [1.54, 1.807) is 6.20 Å². The third kappa shape index (κ3) is 12.4. The van der Waals surface area contributed by atoms with Gasteiger partial charge in [-0.2, -0.15) is 22.0 Å². The Morgan fingerprint density at radius 3 is 2.03 bits per heavy atom. The summed E-state index contributed by atoms with van der Waals surface area (Å²) in [5.74, 6) is -5.83. The van der Waals surface area contributed by atoms with Crippen LogP contribution in [0.5, 0.6) is 0 Å². The number of carbonyl (C=O) groups is 1. The van der Waals surface area contributed by atoms with Crippen LogP contribution in [0.2, 0.25) is 0 Å². The highest BCUT2D eigenvalue weighted by molar-refractivity contribution is 5.69. The maximum atomic E-state index is 13.0. The molecule has 0 radical (unpaired) electrons. The van der Waals surface area contributed by atoms with Crippen LogP contribution in [0.3, 0.4) is 0 Å². The molecule has 0 aliphatic carbocycles. The van der Waals surface area contributed by atoms with Crippen molar-refractivity contribution in [3.63, 3.8) is 0 Å². The molecular weight excluding hydrogens is 480 g/mol. The summed E-state index contributed by atoms with van der Waals surface area (Å²) in [5, 5.41) is 0. The highest BCUT2D eigenvalue weighted by atomic mass is 79.9. The molecule has 1 heterocycles. The molecule has 1 aromatic rings. The average molecular weight is 507 g/mol. The summed E-state index contributed by atoms with van der Waals surface area (Å²) in [6.07, 6.45) is -0.269. The number of hydrogen-bond donors (Lipinski definition) is 0. The first-order chi connectivity index (χ1) is 13.6. The molecule has 0 spiro atoms. The fourth-order valence-electron chi connectivity index (χ4n) is 2.74. The summed E-state index contributed by atoms with van der Waals surface area (Å²) < 4.78 is 78.7. The Bertz CT molecular complexity index is 586. The highest BCUT2D eigenvalue weighted by Crippen LogP contribution is 2.35. The minimum absolute atomic E-state index is 0. The second-order valence-corrected chi connectivity index (χ2v) is 6.98. The SMILES string of the molecule is O=C(CCCCCCCCCCc1ccccn1)OCC(F)(F)C(F)C(F)(F)F.[Br-]. The number of carbonyl (C=O) groups excluding carboxylic acids is 1. The predicted octanol–water partition coefficient (Wildman–Crippen LogP) is 3.22. The summed E-state index contributed by atoms with van der Waals surface area (Å²) in [5.41, 5.74) is 1.08. The van der Waals surface area contributed by atoms with Crippen molar-refractivity contribution in [2.45, 2.75) is 82.5 Å². The lowest BCUT2D eigenvalue weighted by Gasteiger charge is -2.22. The standard InChI is InChI=1S/C20H27F6NO2.BrH/c21-18(20(24,25)26)19(22,23)15-29-17(28)13-8-6-4-2-1-3-5-7-11-16-12-9-10-14-27-16;/h9-10,12,14,18H,1-8,11,13,15H2;1H/p-1. The largest absolute Gasteiger partial charge is 1.00 e. The Labute approximate surface area is 183 Å². The van der Waals surface area contributed by atoms with Crippen LogP contribution in [-0.2, 0) is 16.0 Å². The van der Waals surface area contributed by atoms with Gasteiger partial charge >= 0.3 is 18.1 Å². The molecule has 1 aromatic heterocycles. The Kier molecular flexibility index (Phi) is 14.0. The number of unbranched alkanes of at least 4 members (excludes halogenated alkanes) is 7. The molecule has 0 amide bonds. The maximum Gasteiger partial charge on any atom is 0.425 e. The van der Waals surface area contributed by atoms with Gasteiger partial charge in [-0.05, 0) is 31.4 Å². The molecule has 0 aliphatic heterocycles. The number of hydrogen-bond acceptors (Lipinski definition) is 3. The van der Waals surface area contributed by atoms with Gasteiger partial charge in [-0.1, -0.05) is 44.6 Å². The van der Waals surface area contributed by atoms with Crippen molar-refractivity contribution in [3.8, 4) is 0 Å². The molecule has 1 rings (SSSR count). The van der Waals surface area contributed by atoms with E-state index in [9.17, 15) is 31.1 Å². The minimum Gasteiger partial charge on any atom is -1.00 e. The Morgan fingerprint density at radius 1 is 0.933 bits per heavy atom. The molecule has 10 heteroatoms. The summed E-state index contributed by atoms with van der Waals surface area (Å²) in [4.78, 5) is 15.6. The van der Waals surface area contributed by atoms with Crippen LogP contribution in [-0.4, -0.2) is 35.8 Å². The van der Waals surface area contributed by atoms with E-state index in [1.807, 2.05) is 18.2 Å². The quantitative estimate of drug-likeness (QED) is 0.221. The zero-order valence-electron chi connectivity index (χ0n) is 16.6. The van der Waals surface area contributed by atoms with Crippen LogP contribution in [0.1, 0.15) is 63.5 Å². The summed E-state index contributed by atoms with van der Waals surface area (Å²) >= 11 is 0. The number of ether oxygens (including phenoxy) is 1. The molecule has 1 atom stereocenters. The first-order valence-electron chi connectivity index (χ1n) is 9.77. The van der Waals surface area contributed by atoms with Gasteiger partial charge in [0.15, 0.2) is 6.61 Å². The second-order valence-electron chi connectivity index (χ2n) is 6.98. The number of rotatable bonds is 14. The molecule has 0 saturated carbocycles. The summed E-state index contributed by atoms with van der Waals surface area (Å²) in [7, 11) is 0. The van der Waals surface area contributed by atoms with Crippen molar-refractivity contribution in [1.82, 2.24) is 4.98 Å². The topological polar surface area (TPSA) is 39.2 Å². The van der Waals surface area contributed by atoms with Crippen LogP contribution in [0.15, 0.2) is 24.4 Å². The molecule has 3 nitrogen and oxygen atoms in total. The van der Waals surface area contributed by atoms with Gasteiger partial charge in [-0.15, -0.1) is 0 Å². The van der Waals surface area contributed by atoms with Gasteiger partial charge < -0.3 is 21.7 Å². The van der Waals surface area contributed by atoms with E-state index in [1.165, 1.54) is 0 Å². The van der Waals surface area contributed by atoms with Crippen LogP contribution in [0.4, 0.5) is 26.3 Å². The van der Waals surface area contributed by atoms with Gasteiger partial charge in [-0.25, -0.2) is 4.39 Å². The van der Waals surface area contributed by atoms with Gasteiger partial charge in [0.2, 0.25) is 0 Å². The van der Waals surface area contributed by atoms with Crippen LogP contribution in [0.25, 0.3) is 0 Å². The highest BCUT2D eigenvalue weighted by Gasteiger charge is 2.57. The third-order valence-corrected chi connectivity index (χ3v) is 4.37. The van der Waals surface area contributed by atoms with Gasteiger partial charge in [0, 0.05) is 18.3 Å². The van der Waals surface area contributed by atoms with E-state index in [0.29, 0.717) is 12.8 Å². The lowest BCUT2D eigenvalue weighted by molar-refractivity contribution is -0.254. The molecular formula is C20H27BrF6NO2-. The number of aryl methyl sites for hydroxylation is 1. The Morgan fingerprint density at radius 2 is 1.50 bits per heavy atom. The zero-order chi connectivity index (χ0) is 21.8. The van der Waals surface area contributed by atoms with E-state index in [2.05, 4.69) is 9.72 Å². The van der Waals surface area contributed by atoms with Crippen molar-refractivity contribution in [2.75, 3.05) is 6.61 Å². The Balaban J connectivity index is 0.00000841. The normalized spacial score (nSPS) is 12.9. The van der Waals surface area contributed by atoms with Crippen molar-refractivity contribution < 1.29 is 52.9 Å². The molecule has 0 N–H and O–H groups in total. The summed E-state index contributed by atoms with van der Waals surface area (Å²) in [6.45, 7) is -1.91. The number of aromatic nitrogens is 1. The van der Waals surface area contributed by atoms with Crippen molar-refractivity contribution in [3.05, 3.63) is 30.1 Å². The molecule has 30 heavy (non-hydrogen) atoms. The zero-order valence-corrected chi connectivity index (χ0v) is 18.2. The van der Waals surface area contributed by atoms with E-state index in [0.717, 1.165) is 50.6 Å². The van der Waals surface area contributed by atoms with Gasteiger partial charge in [0.25, 0.3) is 6.17 Å². The lowest BCUT2D eigenvalue weighted by atomic mass is 10.1. The van der Waals surface area contributed by atoms with Gasteiger partial charge in [-0.3, -0.25) is 9.78 Å². The summed E-state index contributed by atoms with van der Waals surface area (Å²) in [6, 6.07) is 5.84. The second kappa shape index (κ2) is 14.6. The van der Waals surface area contributed by atoms with E-state index >= 15 is 0 Å². The molecule has 174 valence electrons. The Hall–Kier alpha value is -1.32. The van der Waals surface area contributed by atoms with Crippen molar-refractivity contribution >= 4 is 5.97 Å². The molecule has 0 aromatic carbocycles. The van der Waals surface area contributed by atoms with Crippen molar-refractivity contribution in [2.24, 2.45) is 0 Å². The van der Waals surface area contributed by atoms with E-state index in [-0.39, 0.29) is 23.4 Å². The van der Waals surface area contributed by atoms with E-state index < -0.39 is 30.8 Å². The number of pyridine rings is 1. The van der Waals surface area contributed by atoms with Gasteiger partial charge in [0.05, 0.1) is 0 Å². The fourth-order valence-corrected chi connectivity index (χ4v) is 2.74. The first-order valence-corrected chi connectivity index (χ1v) is 9.77. The average Bonchev–Trinajstić information content (AvgIpc) is 2.67. The van der Waals surface area contributed by atoms with Crippen LogP contribution < -0.4 is 17.0 Å². The third-order valence-electron chi connectivity index (χ3n) is 4.37. The smallest absolute Gasteiger partial charge is 0.425 e. The molecule has 1 unspecified atom stereocenters. The first kappa shape index (κ1) is 28.7. The number of halogens is 7.